The molecule has 7 nitrogen and oxygen atoms in total. The monoisotopic (exact) mass is 364 g/mol. The second-order valence-corrected chi connectivity index (χ2v) is 6.50. The molecular formula is C20H24N6O. The van der Waals surface area contributed by atoms with Crippen LogP contribution in [0.15, 0.2) is 84.5 Å². The van der Waals surface area contributed by atoms with Crippen LogP contribution < -0.4 is 21.9 Å². The highest BCUT2D eigenvalue weighted by atomic mass is 16.5. The molecule has 0 bridgehead atoms. The number of ether oxygens (including phenoxy) is 1. The molecular weight excluding hydrogens is 340 g/mol. The van der Waals surface area contributed by atoms with E-state index < -0.39 is 0 Å². The van der Waals surface area contributed by atoms with E-state index in [1.54, 1.807) is 0 Å². The summed E-state index contributed by atoms with van der Waals surface area (Å²) in [5, 5.41) is 4.01. The van der Waals surface area contributed by atoms with Crippen molar-refractivity contribution in [3.8, 4) is 0 Å². The van der Waals surface area contributed by atoms with E-state index in [1.165, 1.54) is 11.1 Å². The molecule has 4 N–H and O–H groups in total. The topological polar surface area (TPSA) is 63.8 Å². The van der Waals surface area contributed by atoms with Gasteiger partial charge in [-0.15, -0.1) is 11.1 Å². The van der Waals surface area contributed by atoms with Gasteiger partial charge in [0.15, 0.2) is 0 Å². The van der Waals surface area contributed by atoms with E-state index in [-0.39, 0.29) is 0 Å². The summed E-state index contributed by atoms with van der Waals surface area (Å²) in [6.45, 7) is 2.61. The molecule has 0 saturated heterocycles. The highest BCUT2D eigenvalue weighted by Crippen LogP contribution is 2.09. The van der Waals surface area contributed by atoms with E-state index in [0.717, 1.165) is 24.5 Å². The zero-order chi connectivity index (χ0) is 18.3. The van der Waals surface area contributed by atoms with Gasteiger partial charge in [0.2, 0.25) is 0 Å². The molecule has 0 aromatic heterocycles. The molecule has 0 fully saturated rings. The quantitative estimate of drug-likeness (QED) is 0.569. The van der Waals surface area contributed by atoms with Crippen molar-refractivity contribution >= 4 is 0 Å². The van der Waals surface area contributed by atoms with Gasteiger partial charge in [0.25, 0.3) is 0 Å². The number of nitrogens with one attached hydrogen (secondary N) is 4. The van der Waals surface area contributed by atoms with Crippen LogP contribution in [-0.4, -0.2) is 23.2 Å². The molecule has 7 heteroatoms. The first-order valence-corrected chi connectivity index (χ1v) is 8.99. The molecule has 0 aliphatic carbocycles. The van der Waals surface area contributed by atoms with Crippen LogP contribution in [0.25, 0.3) is 0 Å². The summed E-state index contributed by atoms with van der Waals surface area (Å²) < 4.78 is 5.80. The summed E-state index contributed by atoms with van der Waals surface area (Å²) in [7, 11) is 0. The minimum absolute atomic E-state index is 0.510. The maximum Gasteiger partial charge on any atom is 0.0897 e. The maximum absolute atomic E-state index is 5.80. The maximum atomic E-state index is 5.80. The molecule has 2 aliphatic rings. The third-order valence-corrected chi connectivity index (χ3v) is 4.25. The molecule has 0 spiro atoms. The average Bonchev–Trinajstić information content (AvgIpc) is 3.33. The zero-order valence-electron chi connectivity index (χ0n) is 15.1. The molecule has 0 unspecified atom stereocenters. The van der Waals surface area contributed by atoms with Crippen LogP contribution in [0.2, 0.25) is 0 Å². The Labute approximate surface area is 159 Å². The normalized spacial score (nSPS) is 16.0. The molecule has 0 radical (unpaired) electrons. The van der Waals surface area contributed by atoms with Crippen molar-refractivity contribution in [2.75, 3.05) is 13.2 Å². The largest absolute Gasteiger partial charge is 0.369 e. The lowest BCUT2D eigenvalue weighted by Crippen LogP contribution is -2.37. The Balaban J connectivity index is 1.20. The number of rotatable bonds is 8. The minimum Gasteiger partial charge on any atom is -0.369 e. The van der Waals surface area contributed by atoms with Crippen LogP contribution in [0.3, 0.4) is 0 Å². The third-order valence-electron chi connectivity index (χ3n) is 4.25. The van der Waals surface area contributed by atoms with E-state index >= 15 is 0 Å². The number of hydrogen-bond donors (Lipinski definition) is 4. The highest BCUT2D eigenvalue weighted by Gasteiger charge is 2.14. The zero-order valence-corrected chi connectivity index (χ0v) is 15.1. The Morgan fingerprint density at radius 2 is 1.07 bits per heavy atom. The van der Waals surface area contributed by atoms with Gasteiger partial charge in [0.05, 0.1) is 37.7 Å². The molecule has 0 amide bonds. The number of nitrogens with zero attached hydrogens (tertiary/aromatic N) is 2. The fraction of sp³-hybridized carbons (Fsp3) is 0.200. The Kier molecular flexibility index (Phi) is 5.54. The van der Waals surface area contributed by atoms with Crippen molar-refractivity contribution in [3.63, 3.8) is 0 Å². The molecule has 0 saturated carbocycles. The standard InChI is InChI=1S/C20H24N6O/c1-3-7-17(8-4-1)11-25-13-19(21-23-25)15-27-16-20-14-26(24-22-20)12-18-9-5-2-6-10-18/h1-10,13-14,21-24H,11-12,15-16H2. The second-order valence-electron chi connectivity index (χ2n) is 6.50. The highest BCUT2D eigenvalue weighted by molar-refractivity contribution is 5.17. The van der Waals surface area contributed by atoms with E-state index in [4.69, 9.17) is 4.74 Å². The van der Waals surface area contributed by atoms with Gasteiger partial charge in [0.1, 0.15) is 0 Å². The first kappa shape index (κ1) is 17.4. The fourth-order valence-electron chi connectivity index (χ4n) is 2.94. The van der Waals surface area contributed by atoms with Gasteiger partial charge in [-0.25, -0.2) is 0 Å². The van der Waals surface area contributed by atoms with Gasteiger partial charge in [-0.05, 0) is 11.1 Å². The molecule has 2 heterocycles. The SMILES string of the molecule is C1=C(COCC2=CN(Cc3ccccc3)NN2)NNN1Cc1ccccc1. The molecule has 4 rings (SSSR count). The van der Waals surface area contributed by atoms with Crippen LogP contribution in [0.4, 0.5) is 0 Å². The second kappa shape index (κ2) is 8.59. The van der Waals surface area contributed by atoms with Gasteiger partial charge in [-0.2, -0.15) is 0 Å². The first-order valence-electron chi connectivity index (χ1n) is 8.99. The van der Waals surface area contributed by atoms with Crippen LogP contribution in [-0.2, 0) is 17.8 Å². The summed E-state index contributed by atoms with van der Waals surface area (Å²) >= 11 is 0. The summed E-state index contributed by atoms with van der Waals surface area (Å²) in [6, 6.07) is 20.7. The van der Waals surface area contributed by atoms with Crippen LogP contribution >= 0.6 is 0 Å². The molecule has 2 aromatic carbocycles. The average molecular weight is 364 g/mol. The number of hydrazine groups is 4. The molecule has 140 valence electrons. The van der Waals surface area contributed by atoms with Crippen molar-refractivity contribution in [2.24, 2.45) is 0 Å². The third kappa shape index (κ3) is 5.01. The van der Waals surface area contributed by atoms with Crippen molar-refractivity contribution in [1.82, 2.24) is 31.9 Å². The van der Waals surface area contributed by atoms with E-state index in [9.17, 15) is 0 Å². The Hall–Kier alpha value is -3.00. The Bertz CT molecular complexity index is 725. The van der Waals surface area contributed by atoms with E-state index in [2.05, 4.69) is 46.2 Å². The lowest BCUT2D eigenvalue weighted by atomic mass is 10.2. The predicted octanol–water partition coefficient (Wildman–Crippen LogP) is 1.74. The van der Waals surface area contributed by atoms with Crippen molar-refractivity contribution < 1.29 is 4.74 Å². The summed E-state index contributed by atoms with van der Waals surface area (Å²) in [6.07, 6.45) is 4.06. The summed E-state index contributed by atoms with van der Waals surface area (Å²) in [4.78, 5) is 0. The predicted molar refractivity (Wildman–Crippen MR) is 103 cm³/mol. The molecule has 2 aromatic rings. The van der Waals surface area contributed by atoms with Gasteiger partial charge in [-0.1, -0.05) is 60.7 Å². The van der Waals surface area contributed by atoms with Gasteiger partial charge in [0, 0.05) is 12.4 Å². The lowest BCUT2D eigenvalue weighted by molar-refractivity contribution is 0.168. The Morgan fingerprint density at radius 3 is 1.52 bits per heavy atom. The van der Waals surface area contributed by atoms with Crippen LogP contribution in [0.5, 0.6) is 0 Å². The number of hydrogen-bond acceptors (Lipinski definition) is 7. The van der Waals surface area contributed by atoms with Gasteiger partial charge in [-0.3, -0.25) is 10.0 Å². The number of benzene rings is 2. The molecule has 2 aliphatic heterocycles. The lowest BCUT2D eigenvalue weighted by Gasteiger charge is -2.14. The minimum atomic E-state index is 0.510. The van der Waals surface area contributed by atoms with Gasteiger partial charge >= 0.3 is 0 Å². The van der Waals surface area contributed by atoms with Crippen LogP contribution in [0.1, 0.15) is 11.1 Å². The van der Waals surface area contributed by atoms with Gasteiger partial charge < -0.3 is 15.6 Å². The fourth-order valence-corrected chi connectivity index (χ4v) is 2.94. The molecule has 27 heavy (non-hydrogen) atoms. The summed E-state index contributed by atoms with van der Waals surface area (Å²) in [5.74, 6) is 0. The van der Waals surface area contributed by atoms with E-state index in [0.29, 0.717) is 13.2 Å². The van der Waals surface area contributed by atoms with Crippen molar-refractivity contribution in [3.05, 3.63) is 95.6 Å². The summed E-state index contributed by atoms with van der Waals surface area (Å²) in [5.41, 5.74) is 17.0. The van der Waals surface area contributed by atoms with Crippen LogP contribution in [0, 0.1) is 0 Å². The Morgan fingerprint density at radius 1 is 0.630 bits per heavy atom. The van der Waals surface area contributed by atoms with E-state index in [1.807, 2.05) is 58.8 Å². The van der Waals surface area contributed by atoms with Crippen molar-refractivity contribution in [2.45, 2.75) is 13.1 Å². The van der Waals surface area contributed by atoms with Crippen molar-refractivity contribution in [1.29, 1.82) is 0 Å². The first-order chi connectivity index (χ1) is 13.3. The smallest absolute Gasteiger partial charge is 0.0897 e. The molecule has 0 atom stereocenters.